The smallest absolute Gasteiger partial charge is 0.227 e. The molecule has 0 amide bonds. The van der Waals surface area contributed by atoms with Crippen LogP contribution in [0.2, 0.25) is 5.02 Å². The van der Waals surface area contributed by atoms with Gasteiger partial charge in [0.15, 0.2) is 21.5 Å². The molecule has 0 unspecified atom stereocenters. The molecular weight excluding hydrogens is 544 g/mol. The lowest BCUT2D eigenvalue weighted by Gasteiger charge is -2.34. The number of aryl methyl sites for hydroxylation is 1. The van der Waals surface area contributed by atoms with Crippen molar-refractivity contribution in [3.8, 4) is 0 Å². The first-order valence-electron chi connectivity index (χ1n) is 12.7. The van der Waals surface area contributed by atoms with Gasteiger partial charge in [0.1, 0.15) is 5.69 Å². The third kappa shape index (κ3) is 6.85. The van der Waals surface area contributed by atoms with E-state index in [2.05, 4.69) is 20.2 Å². The molecule has 0 spiro atoms. The van der Waals surface area contributed by atoms with Crippen molar-refractivity contribution in [3.05, 3.63) is 75.6 Å². The Morgan fingerprint density at radius 1 is 1.05 bits per heavy atom. The van der Waals surface area contributed by atoms with Gasteiger partial charge in [-0.2, -0.15) is 0 Å². The maximum atomic E-state index is 15.0. The van der Waals surface area contributed by atoms with E-state index in [0.717, 1.165) is 24.2 Å². The maximum Gasteiger partial charge on any atom is 0.227 e. The number of likely N-dealkylation sites (N-methyl/N-ethyl adjacent to an activating group) is 1. The summed E-state index contributed by atoms with van der Waals surface area (Å²) >= 11 is 6.33. The van der Waals surface area contributed by atoms with Crippen LogP contribution in [0.5, 0.6) is 0 Å². The summed E-state index contributed by atoms with van der Waals surface area (Å²) in [4.78, 5) is 12.7. The predicted molar refractivity (Wildman–Crippen MR) is 153 cm³/mol. The van der Waals surface area contributed by atoms with Crippen LogP contribution in [-0.4, -0.2) is 61.3 Å². The quantitative estimate of drug-likeness (QED) is 0.396. The Hall–Kier alpha value is -2.82. The highest BCUT2D eigenvalue weighted by Crippen LogP contribution is 2.30. The molecule has 1 N–H and O–H groups in total. The summed E-state index contributed by atoms with van der Waals surface area (Å²) in [5.41, 5.74) is 3.06. The molecule has 3 aromatic rings. The number of sulfone groups is 1. The summed E-state index contributed by atoms with van der Waals surface area (Å²) in [5.74, 6) is -1.26. The fourth-order valence-electron chi connectivity index (χ4n) is 4.28. The van der Waals surface area contributed by atoms with Gasteiger partial charge in [-0.15, -0.1) is 0 Å². The van der Waals surface area contributed by atoms with Crippen molar-refractivity contribution in [3.63, 3.8) is 0 Å². The summed E-state index contributed by atoms with van der Waals surface area (Å²) in [7, 11) is -1.44. The van der Waals surface area contributed by atoms with Crippen LogP contribution in [0.3, 0.4) is 0 Å². The first-order valence-corrected chi connectivity index (χ1v) is 14.8. The molecule has 0 bridgehead atoms. The molecule has 11 heteroatoms. The van der Waals surface area contributed by atoms with Crippen LogP contribution in [0, 0.1) is 18.6 Å². The average Bonchev–Trinajstić information content (AvgIpc) is 2.83. The highest BCUT2D eigenvalue weighted by Gasteiger charge is 2.30. The molecular formula is C28H34ClF2N5O2S. The first kappa shape index (κ1) is 29.2. The lowest BCUT2D eigenvalue weighted by molar-refractivity contribution is 0.310. The molecule has 210 valence electrons. The Morgan fingerprint density at radius 2 is 1.69 bits per heavy atom. The second-order valence-electron chi connectivity index (χ2n) is 11.0. The van der Waals surface area contributed by atoms with Gasteiger partial charge in [-0.3, -0.25) is 0 Å². The SMILES string of the molecule is Cc1cnc(Nc2cc(F)c(N3CCN(C)CC3)c(F)c2)nc1Cc1ccc(Cl)c(CS(=O)(=O)C(C)(C)C)c1. The molecule has 0 atom stereocenters. The van der Waals surface area contributed by atoms with Gasteiger partial charge in [0.05, 0.1) is 16.2 Å². The lowest BCUT2D eigenvalue weighted by atomic mass is 10.0. The van der Waals surface area contributed by atoms with E-state index in [4.69, 9.17) is 11.6 Å². The van der Waals surface area contributed by atoms with Gasteiger partial charge >= 0.3 is 0 Å². The topological polar surface area (TPSA) is 78.4 Å². The summed E-state index contributed by atoms with van der Waals surface area (Å²) in [6, 6.07) is 7.79. The van der Waals surface area contributed by atoms with E-state index < -0.39 is 26.2 Å². The summed E-state index contributed by atoms with van der Waals surface area (Å²) in [6.07, 6.45) is 2.03. The van der Waals surface area contributed by atoms with Crippen LogP contribution < -0.4 is 10.2 Å². The van der Waals surface area contributed by atoms with Crippen LogP contribution in [0.15, 0.2) is 36.5 Å². The molecule has 0 aliphatic carbocycles. The molecule has 39 heavy (non-hydrogen) atoms. The first-order chi connectivity index (χ1) is 18.2. The molecule has 1 aromatic heterocycles. The van der Waals surface area contributed by atoms with Gasteiger partial charge in [-0.05, 0) is 69.6 Å². The molecule has 1 fully saturated rings. The Labute approximate surface area is 234 Å². The number of piperazine rings is 1. The van der Waals surface area contributed by atoms with E-state index in [0.29, 0.717) is 35.8 Å². The minimum absolute atomic E-state index is 0.0221. The van der Waals surface area contributed by atoms with Crippen LogP contribution >= 0.6 is 11.6 Å². The standard InChI is InChI=1S/C28H34ClF2N5O2S/c1-18-16-32-27(33-21-14-23(30)26(24(31)15-21)36-10-8-35(5)9-11-36)34-25(18)13-19-6-7-22(29)20(12-19)17-39(37,38)28(2,3)4/h6-7,12,14-16H,8-11,13,17H2,1-5H3,(H,32,33,34). The second kappa shape index (κ2) is 11.3. The van der Waals surface area contributed by atoms with Gasteiger partial charge in [-0.1, -0.05) is 23.7 Å². The lowest BCUT2D eigenvalue weighted by Crippen LogP contribution is -2.45. The molecule has 7 nitrogen and oxygen atoms in total. The summed E-state index contributed by atoms with van der Waals surface area (Å²) < 4.78 is 54.5. The maximum absolute atomic E-state index is 15.0. The largest absolute Gasteiger partial charge is 0.364 e. The minimum Gasteiger partial charge on any atom is -0.364 e. The van der Waals surface area contributed by atoms with Crippen molar-refractivity contribution < 1.29 is 17.2 Å². The van der Waals surface area contributed by atoms with Gasteiger partial charge in [0, 0.05) is 49.5 Å². The van der Waals surface area contributed by atoms with Crippen LogP contribution in [0.4, 0.5) is 26.1 Å². The minimum atomic E-state index is -3.42. The van der Waals surface area contributed by atoms with Gasteiger partial charge in [0.2, 0.25) is 5.95 Å². The number of hydrogen-bond acceptors (Lipinski definition) is 7. The predicted octanol–water partition coefficient (Wildman–Crippen LogP) is 5.52. The van der Waals surface area contributed by atoms with E-state index in [9.17, 15) is 17.2 Å². The number of nitrogens with one attached hydrogen (secondary N) is 1. The van der Waals surface area contributed by atoms with Crippen molar-refractivity contribution in [1.29, 1.82) is 0 Å². The zero-order valence-corrected chi connectivity index (χ0v) is 24.4. The molecule has 1 aliphatic heterocycles. The summed E-state index contributed by atoms with van der Waals surface area (Å²) in [6.45, 7) is 9.43. The molecule has 4 rings (SSSR count). The Morgan fingerprint density at radius 3 is 2.31 bits per heavy atom. The van der Waals surface area contributed by atoms with Gasteiger partial charge in [-0.25, -0.2) is 27.2 Å². The fraction of sp³-hybridized carbons (Fsp3) is 0.429. The van der Waals surface area contributed by atoms with Crippen LogP contribution in [0.1, 0.15) is 43.2 Å². The Kier molecular flexibility index (Phi) is 8.49. The Balaban J connectivity index is 1.54. The van der Waals surface area contributed by atoms with Crippen LogP contribution in [0.25, 0.3) is 0 Å². The molecule has 2 heterocycles. The van der Waals surface area contributed by atoms with Crippen molar-refractivity contribution in [2.24, 2.45) is 0 Å². The third-order valence-corrected chi connectivity index (χ3v) is 9.86. The van der Waals surface area contributed by atoms with Gasteiger partial charge < -0.3 is 15.1 Å². The van der Waals surface area contributed by atoms with Crippen molar-refractivity contribution in [1.82, 2.24) is 14.9 Å². The molecule has 0 saturated carbocycles. The average molecular weight is 578 g/mol. The molecule has 0 radical (unpaired) electrons. The highest BCUT2D eigenvalue weighted by atomic mass is 35.5. The number of hydrogen-bond donors (Lipinski definition) is 1. The van der Waals surface area contributed by atoms with Crippen molar-refractivity contribution >= 4 is 38.8 Å². The fourth-order valence-corrected chi connectivity index (χ4v) is 5.62. The number of anilines is 3. The van der Waals surface area contributed by atoms with E-state index in [1.54, 1.807) is 44.0 Å². The second-order valence-corrected chi connectivity index (χ2v) is 14.2. The molecule has 1 aliphatic rings. The third-order valence-electron chi connectivity index (χ3n) is 6.93. The van der Waals surface area contributed by atoms with Gasteiger partial charge in [0.25, 0.3) is 0 Å². The van der Waals surface area contributed by atoms with Crippen molar-refractivity contribution in [2.75, 3.05) is 43.4 Å². The van der Waals surface area contributed by atoms with E-state index >= 15 is 0 Å². The highest BCUT2D eigenvalue weighted by molar-refractivity contribution is 7.91. The zero-order chi connectivity index (χ0) is 28.5. The van der Waals surface area contributed by atoms with E-state index in [1.165, 1.54) is 12.1 Å². The number of nitrogens with zero attached hydrogens (tertiary/aromatic N) is 4. The van der Waals surface area contributed by atoms with E-state index in [-0.39, 0.29) is 23.1 Å². The number of halogens is 3. The zero-order valence-electron chi connectivity index (χ0n) is 22.9. The van der Waals surface area contributed by atoms with E-state index in [1.807, 2.05) is 20.0 Å². The number of rotatable bonds is 7. The number of aromatic nitrogens is 2. The molecule has 2 aromatic carbocycles. The van der Waals surface area contributed by atoms with Crippen molar-refractivity contribution in [2.45, 2.75) is 44.6 Å². The molecule has 1 saturated heterocycles. The monoisotopic (exact) mass is 577 g/mol. The number of benzene rings is 2. The normalized spacial score (nSPS) is 15.0. The summed E-state index contributed by atoms with van der Waals surface area (Å²) in [5, 5.41) is 3.30. The van der Waals surface area contributed by atoms with Crippen LogP contribution in [-0.2, 0) is 22.0 Å². The Bertz CT molecular complexity index is 1450.